The van der Waals surface area contributed by atoms with Crippen LogP contribution in [0.3, 0.4) is 0 Å². The van der Waals surface area contributed by atoms with E-state index in [9.17, 15) is 29.4 Å². The lowest BCUT2D eigenvalue weighted by Gasteiger charge is -2.16. The quantitative estimate of drug-likeness (QED) is 0.242. The second-order valence-electron chi connectivity index (χ2n) is 5.09. The Morgan fingerprint density at radius 1 is 1.28 bits per heavy atom. The van der Waals surface area contributed by atoms with Crippen molar-refractivity contribution in [3.8, 4) is 0 Å². The number of ether oxygens (including phenoxy) is 1. The van der Waals surface area contributed by atoms with Crippen molar-refractivity contribution in [1.82, 2.24) is 5.12 Å². The number of carbonyl (C=O) groups is 3. The summed E-state index contributed by atoms with van der Waals surface area (Å²) in [5, 5.41) is 17.3. The second kappa shape index (κ2) is 5.74. The first-order valence-corrected chi connectivity index (χ1v) is 6.82. The van der Waals surface area contributed by atoms with Crippen LogP contribution in [0.2, 0.25) is 0 Å². The third-order valence-electron chi connectivity index (χ3n) is 3.83. The number of hydrazone groups is 1. The zero-order valence-electron chi connectivity index (χ0n) is 12.6. The Labute approximate surface area is 138 Å². The monoisotopic (exact) mass is 347 g/mol. The van der Waals surface area contributed by atoms with Crippen molar-refractivity contribution in [3.05, 3.63) is 39.3 Å². The van der Waals surface area contributed by atoms with Gasteiger partial charge in [-0.1, -0.05) is 0 Å². The van der Waals surface area contributed by atoms with Crippen molar-refractivity contribution < 1.29 is 24.0 Å². The van der Waals surface area contributed by atoms with Crippen LogP contribution < -0.4 is 4.90 Å². The van der Waals surface area contributed by atoms with Crippen molar-refractivity contribution in [2.75, 3.05) is 12.0 Å². The summed E-state index contributed by atoms with van der Waals surface area (Å²) in [6.45, 7) is 0. The Kier molecular flexibility index (Phi) is 3.71. The summed E-state index contributed by atoms with van der Waals surface area (Å²) in [5.41, 5.74) is -0.573. The fourth-order valence-electron chi connectivity index (χ4n) is 2.71. The Balaban J connectivity index is 2.00. The van der Waals surface area contributed by atoms with Crippen molar-refractivity contribution in [2.24, 2.45) is 16.3 Å². The number of non-ortho nitro benzene ring substituents is 1. The van der Waals surface area contributed by atoms with E-state index in [1.807, 2.05) is 0 Å². The molecule has 12 nitrogen and oxygen atoms in total. The minimum Gasteiger partial charge on any atom is -0.464 e. The van der Waals surface area contributed by atoms with E-state index in [1.165, 1.54) is 12.1 Å². The summed E-state index contributed by atoms with van der Waals surface area (Å²) < 4.78 is 4.50. The number of anilines is 1. The van der Waals surface area contributed by atoms with Crippen LogP contribution in [0.15, 0.2) is 34.7 Å². The van der Waals surface area contributed by atoms with Crippen LogP contribution in [-0.2, 0) is 19.1 Å². The van der Waals surface area contributed by atoms with Gasteiger partial charge in [-0.15, -0.1) is 15.1 Å². The summed E-state index contributed by atoms with van der Waals surface area (Å²) >= 11 is 0. The number of fused-ring (bicyclic) bond motifs is 1. The molecular weight excluding hydrogens is 338 g/mol. The number of methoxy groups -OCH3 is 1. The van der Waals surface area contributed by atoms with E-state index in [0.717, 1.165) is 24.1 Å². The molecule has 1 saturated heterocycles. The molecule has 1 aromatic carbocycles. The SMILES string of the molecule is COC(=O)C1=NN(N=O)[C@@H]2C(=O)N(c3ccc([N+](=O)[O-])cc3)C(=O)[C@@H]12. The van der Waals surface area contributed by atoms with Gasteiger partial charge in [-0.05, 0) is 12.1 Å². The molecule has 0 N–H and O–H groups in total. The molecular formula is C13H9N5O7. The van der Waals surface area contributed by atoms with Crippen molar-refractivity contribution >= 4 is 34.9 Å². The van der Waals surface area contributed by atoms with E-state index in [4.69, 9.17) is 0 Å². The predicted molar refractivity (Wildman–Crippen MR) is 80.0 cm³/mol. The largest absolute Gasteiger partial charge is 0.464 e. The van der Waals surface area contributed by atoms with E-state index >= 15 is 0 Å². The molecule has 0 saturated carbocycles. The van der Waals surface area contributed by atoms with Crippen LogP contribution in [0.1, 0.15) is 0 Å². The van der Waals surface area contributed by atoms with E-state index < -0.39 is 40.4 Å². The molecule has 128 valence electrons. The van der Waals surface area contributed by atoms with Crippen LogP contribution in [0.4, 0.5) is 11.4 Å². The number of nitro groups is 1. The number of benzene rings is 1. The van der Waals surface area contributed by atoms with E-state index in [2.05, 4.69) is 15.1 Å². The Morgan fingerprint density at radius 3 is 2.44 bits per heavy atom. The Morgan fingerprint density at radius 2 is 1.92 bits per heavy atom. The maximum absolute atomic E-state index is 12.6. The first kappa shape index (κ1) is 16.2. The molecule has 1 fully saturated rings. The van der Waals surface area contributed by atoms with Gasteiger partial charge in [0.2, 0.25) is 5.91 Å². The molecule has 0 radical (unpaired) electrons. The lowest BCUT2D eigenvalue weighted by Crippen LogP contribution is -2.36. The predicted octanol–water partition coefficient (Wildman–Crippen LogP) is -0.0212. The van der Waals surface area contributed by atoms with E-state index in [-0.39, 0.29) is 11.4 Å². The zero-order valence-corrected chi connectivity index (χ0v) is 12.6. The minimum atomic E-state index is -1.39. The topological polar surface area (TPSA) is 152 Å². The molecule has 2 atom stereocenters. The van der Waals surface area contributed by atoms with Crippen LogP contribution in [0.5, 0.6) is 0 Å². The minimum absolute atomic E-state index is 0.0602. The summed E-state index contributed by atoms with van der Waals surface area (Å²) in [5.74, 6) is -3.94. The van der Waals surface area contributed by atoms with Gasteiger partial charge in [0.05, 0.1) is 23.0 Å². The highest BCUT2D eigenvalue weighted by atomic mass is 16.6. The van der Waals surface area contributed by atoms with Crippen LogP contribution in [0.25, 0.3) is 0 Å². The molecule has 3 rings (SSSR count). The van der Waals surface area contributed by atoms with Gasteiger partial charge in [0.25, 0.3) is 11.6 Å². The number of rotatable bonds is 4. The average molecular weight is 347 g/mol. The van der Waals surface area contributed by atoms with Gasteiger partial charge in [0, 0.05) is 12.1 Å². The molecule has 0 aliphatic carbocycles. The number of hydrogen-bond acceptors (Lipinski definition) is 9. The maximum atomic E-state index is 12.6. The van der Waals surface area contributed by atoms with Crippen LogP contribution in [-0.4, -0.2) is 46.7 Å². The van der Waals surface area contributed by atoms with Crippen molar-refractivity contribution in [2.45, 2.75) is 6.04 Å². The summed E-state index contributed by atoms with van der Waals surface area (Å²) in [6, 6.07) is 3.27. The summed E-state index contributed by atoms with van der Waals surface area (Å²) in [7, 11) is 1.06. The van der Waals surface area contributed by atoms with Gasteiger partial charge >= 0.3 is 5.97 Å². The van der Waals surface area contributed by atoms with Gasteiger partial charge in [-0.25, -0.2) is 9.69 Å². The number of nitro benzene ring substituents is 1. The first-order valence-electron chi connectivity index (χ1n) is 6.82. The third-order valence-corrected chi connectivity index (χ3v) is 3.83. The van der Waals surface area contributed by atoms with Crippen molar-refractivity contribution in [3.63, 3.8) is 0 Å². The molecule has 1 aromatic rings. The van der Waals surface area contributed by atoms with Gasteiger partial charge in [0.1, 0.15) is 5.92 Å². The number of amides is 2. The first-order chi connectivity index (χ1) is 11.9. The zero-order chi connectivity index (χ0) is 18.3. The lowest BCUT2D eigenvalue weighted by atomic mass is 9.98. The molecule has 25 heavy (non-hydrogen) atoms. The molecule has 2 heterocycles. The highest BCUT2D eigenvalue weighted by molar-refractivity contribution is 6.46. The Bertz CT molecular complexity index is 834. The molecule has 2 aliphatic heterocycles. The number of nitrogens with zero attached hydrogens (tertiary/aromatic N) is 5. The number of hydrogen-bond donors (Lipinski definition) is 0. The molecule has 0 unspecified atom stereocenters. The normalized spacial score (nSPS) is 21.9. The summed E-state index contributed by atoms with van der Waals surface area (Å²) in [4.78, 5) is 58.6. The second-order valence-corrected chi connectivity index (χ2v) is 5.09. The number of nitroso groups, excluding NO2 is 1. The van der Waals surface area contributed by atoms with Crippen LogP contribution in [0, 0.1) is 20.9 Å². The van der Waals surface area contributed by atoms with Gasteiger partial charge in [0.15, 0.2) is 11.8 Å². The standard InChI is InChI=1S/C13H9N5O7/c1-25-13(21)9-8-10(17(14-9)15-22)12(20)16(11(8)19)6-2-4-7(5-3-6)18(23)24/h2-5,8,10H,1H3/t8-,10-/m0/s1. The molecule has 0 spiro atoms. The smallest absolute Gasteiger partial charge is 0.355 e. The van der Waals surface area contributed by atoms with E-state index in [0.29, 0.717) is 5.12 Å². The van der Waals surface area contributed by atoms with Gasteiger partial charge in [-0.2, -0.15) is 0 Å². The van der Waals surface area contributed by atoms with Gasteiger partial charge < -0.3 is 4.74 Å². The third kappa shape index (κ3) is 2.31. The van der Waals surface area contributed by atoms with Gasteiger partial charge in [-0.3, -0.25) is 19.7 Å². The fraction of sp³-hybridized carbons (Fsp3) is 0.231. The lowest BCUT2D eigenvalue weighted by molar-refractivity contribution is -0.384. The van der Waals surface area contributed by atoms with Crippen molar-refractivity contribution in [1.29, 1.82) is 0 Å². The molecule has 2 aliphatic rings. The van der Waals surface area contributed by atoms with Crippen LogP contribution >= 0.6 is 0 Å². The molecule has 2 amide bonds. The maximum Gasteiger partial charge on any atom is 0.355 e. The average Bonchev–Trinajstić information content (AvgIpc) is 3.11. The summed E-state index contributed by atoms with van der Waals surface area (Å²) in [6.07, 6.45) is 0. The number of imide groups is 1. The number of esters is 1. The molecule has 0 bridgehead atoms. The molecule has 0 aromatic heterocycles. The van der Waals surface area contributed by atoms with E-state index in [1.54, 1.807) is 0 Å². The Hall–Kier alpha value is -3.70. The number of carbonyl (C=O) groups excluding carboxylic acids is 3. The molecule has 12 heteroatoms. The fourth-order valence-corrected chi connectivity index (χ4v) is 2.71. The highest BCUT2D eigenvalue weighted by Gasteiger charge is 2.59. The highest BCUT2D eigenvalue weighted by Crippen LogP contribution is 2.35.